The summed E-state index contributed by atoms with van der Waals surface area (Å²) in [4.78, 5) is 11.0. The Morgan fingerprint density at radius 2 is 2.07 bits per heavy atom. The molecule has 0 fully saturated rings. The van der Waals surface area contributed by atoms with Crippen molar-refractivity contribution >= 4 is 26.9 Å². The molecule has 3 nitrogen and oxygen atoms in total. The van der Waals surface area contributed by atoms with Gasteiger partial charge >= 0.3 is 5.63 Å². The molecule has 2 rings (SSSR count). The lowest BCUT2D eigenvalue weighted by Crippen LogP contribution is -1.98. The zero-order chi connectivity index (χ0) is 10.7. The summed E-state index contributed by atoms with van der Waals surface area (Å²) in [6.45, 7) is 0.586. The van der Waals surface area contributed by atoms with Gasteiger partial charge in [0.25, 0.3) is 0 Å². The first-order valence-electron chi connectivity index (χ1n) is 4.52. The van der Waals surface area contributed by atoms with Crippen LogP contribution in [0.4, 0.5) is 0 Å². The first-order valence-corrected chi connectivity index (χ1v) is 5.64. The van der Waals surface area contributed by atoms with Gasteiger partial charge in [-0.05, 0) is 18.2 Å². The van der Waals surface area contributed by atoms with E-state index in [9.17, 15) is 4.79 Å². The standard InChI is InChI=1S/C11H9BrO3/c12-5-6-14-9-3-1-8-2-4-11(13)15-10(8)7-9/h1-4,7H,5-6H2. The third-order valence-corrected chi connectivity index (χ3v) is 2.26. The molecule has 78 valence electrons. The maximum absolute atomic E-state index is 11.0. The van der Waals surface area contributed by atoms with Crippen LogP contribution in [0.5, 0.6) is 5.75 Å². The van der Waals surface area contributed by atoms with Crippen molar-refractivity contribution in [2.45, 2.75) is 0 Å². The number of fused-ring (bicyclic) bond motifs is 1. The normalized spacial score (nSPS) is 10.5. The van der Waals surface area contributed by atoms with Gasteiger partial charge < -0.3 is 9.15 Å². The minimum Gasteiger partial charge on any atom is -0.493 e. The minimum absolute atomic E-state index is 0.347. The average molecular weight is 269 g/mol. The van der Waals surface area contributed by atoms with Crippen molar-refractivity contribution in [2.24, 2.45) is 0 Å². The summed E-state index contributed by atoms with van der Waals surface area (Å²) < 4.78 is 10.4. The van der Waals surface area contributed by atoms with Crippen LogP contribution in [0.15, 0.2) is 39.5 Å². The Morgan fingerprint density at radius 1 is 1.27 bits per heavy atom. The molecule has 0 aliphatic heterocycles. The van der Waals surface area contributed by atoms with E-state index in [1.807, 2.05) is 12.1 Å². The second-order valence-electron chi connectivity index (χ2n) is 2.99. The maximum Gasteiger partial charge on any atom is 0.336 e. The lowest BCUT2D eigenvalue weighted by molar-refractivity contribution is 0.345. The van der Waals surface area contributed by atoms with Crippen LogP contribution in [0.2, 0.25) is 0 Å². The molecular formula is C11H9BrO3. The van der Waals surface area contributed by atoms with Gasteiger partial charge in [-0.15, -0.1) is 0 Å². The SMILES string of the molecule is O=c1ccc2ccc(OCCBr)cc2o1. The van der Waals surface area contributed by atoms with E-state index in [1.165, 1.54) is 6.07 Å². The summed E-state index contributed by atoms with van der Waals surface area (Å²) >= 11 is 3.27. The van der Waals surface area contributed by atoms with E-state index >= 15 is 0 Å². The molecule has 0 saturated carbocycles. The molecule has 0 aliphatic carbocycles. The summed E-state index contributed by atoms with van der Waals surface area (Å²) in [7, 11) is 0. The van der Waals surface area contributed by atoms with Crippen molar-refractivity contribution < 1.29 is 9.15 Å². The molecule has 0 amide bonds. The number of hydrogen-bond acceptors (Lipinski definition) is 3. The van der Waals surface area contributed by atoms with Crippen LogP contribution in [0.25, 0.3) is 11.0 Å². The Hall–Kier alpha value is -1.29. The predicted molar refractivity (Wildman–Crippen MR) is 61.8 cm³/mol. The van der Waals surface area contributed by atoms with Gasteiger partial charge in [-0.2, -0.15) is 0 Å². The third kappa shape index (κ3) is 2.39. The Balaban J connectivity index is 2.40. The van der Waals surface area contributed by atoms with Crippen molar-refractivity contribution in [3.05, 3.63) is 40.8 Å². The number of alkyl halides is 1. The first kappa shape index (κ1) is 10.2. The van der Waals surface area contributed by atoms with Crippen LogP contribution in [-0.4, -0.2) is 11.9 Å². The van der Waals surface area contributed by atoms with E-state index < -0.39 is 0 Å². The van der Waals surface area contributed by atoms with Crippen LogP contribution in [-0.2, 0) is 0 Å². The molecule has 0 spiro atoms. The zero-order valence-electron chi connectivity index (χ0n) is 7.90. The molecule has 4 heteroatoms. The highest BCUT2D eigenvalue weighted by molar-refractivity contribution is 9.09. The smallest absolute Gasteiger partial charge is 0.336 e. The highest BCUT2D eigenvalue weighted by Gasteiger charge is 1.99. The maximum atomic E-state index is 11.0. The molecule has 0 saturated heterocycles. The number of ether oxygens (including phenoxy) is 1. The summed E-state index contributed by atoms with van der Waals surface area (Å²) in [5.74, 6) is 0.705. The number of benzene rings is 1. The second kappa shape index (κ2) is 4.49. The molecule has 0 atom stereocenters. The quantitative estimate of drug-likeness (QED) is 0.635. The van der Waals surface area contributed by atoms with Crippen molar-refractivity contribution in [3.8, 4) is 5.75 Å². The minimum atomic E-state index is -0.347. The fraction of sp³-hybridized carbons (Fsp3) is 0.182. The largest absolute Gasteiger partial charge is 0.493 e. The van der Waals surface area contributed by atoms with E-state index in [1.54, 1.807) is 12.1 Å². The first-order chi connectivity index (χ1) is 7.29. The topological polar surface area (TPSA) is 39.4 Å². The van der Waals surface area contributed by atoms with E-state index in [0.717, 1.165) is 10.7 Å². The molecule has 15 heavy (non-hydrogen) atoms. The van der Waals surface area contributed by atoms with Crippen LogP contribution < -0.4 is 10.4 Å². The van der Waals surface area contributed by atoms with Gasteiger partial charge in [-0.3, -0.25) is 0 Å². The van der Waals surface area contributed by atoms with E-state index in [4.69, 9.17) is 9.15 Å². The zero-order valence-corrected chi connectivity index (χ0v) is 9.49. The Labute approximate surface area is 94.8 Å². The van der Waals surface area contributed by atoms with Gasteiger partial charge in [0, 0.05) is 22.8 Å². The molecule has 0 aliphatic rings. The van der Waals surface area contributed by atoms with Gasteiger partial charge in [0.2, 0.25) is 0 Å². The molecule has 0 radical (unpaired) electrons. The molecule has 0 bridgehead atoms. The third-order valence-electron chi connectivity index (χ3n) is 1.94. The fourth-order valence-corrected chi connectivity index (χ4v) is 1.45. The highest BCUT2D eigenvalue weighted by atomic mass is 79.9. The Kier molecular flexibility index (Phi) is 3.06. The van der Waals surface area contributed by atoms with E-state index in [0.29, 0.717) is 17.9 Å². The Morgan fingerprint density at radius 3 is 2.87 bits per heavy atom. The molecule has 1 heterocycles. The van der Waals surface area contributed by atoms with Gasteiger partial charge in [0.05, 0.1) is 6.61 Å². The highest BCUT2D eigenvalue weighted by Crippen LogP contribution is 2.19. The Bertz CT molecular complexity index is 518. The monoisotopic (exact) mass is 268 g/mol. The molecule has 2 aromatic rings. The van der Waals surface area contributed by atoms with Gasteiger partial charge in [0.1, 0.15) is 11.3 Å². The second-order valence-corrected chi connectivity index (χ2v) is 3.78. The van der Waals surface area contributed by atoms with Gasteiger partial charge in [-0.25, -0.2) is 4.79 Å². The van der Waals surface area contributed by atoms with Crippen LogP contribution in [0.3, 0.4) is 0 Å². The molecule has 1 aromatic carbocycles. The van der Waals surface area contributed by atoms with Gasteiger partial charge in [-0.1, -0.05) is 15.9 Å². The summed E-state index contributed by atoms with van der Waals surface area (Å²) in [5.41, 5.74) is 0.203. The van der Waals surface area contributed by atoms with Crippen LogP contribution in [0, 0.1) is 0 Å². The summed E-state index contributed by atoms with van der Waals surface area (Å²) in [6, 6.07) is 8.57. The fourth-order valence-electron chi connectivity index (χ4n) is 1.29. The lowest BCUT2D eigenvalue weighted by Gasteiger charge is -2.04. The number of rotatable bonds is 3. The van der Waals surface area contributed by atoms with Gasteiger partial charge in [0.15, 0.2) is 0 Å². The predicted octanol–water partition coefficient (Wildman–Crippen LogP) is 2.57. The van der Waals surface area contributed by atoms with Crippen LogP contribution in [0.1, 0.15) is 0 Å². The average Bonchev–Trinajstić information content (AvgIpc) is 2.25. The molecular weight excluding hydrogens is 260 g/mol. The van der Waals surface area contributed by atoms with Crippen molar-refractivity contribution in [2.75, 3.05) is 11.9 Å². The summed E-state index contributed by atoms with van der Waals surface area (Å²) in [5, 5.41) is 1.66. The lowest BCUT2D eigenvalue weighted by atomic mass is 10.2. The van der Waals surface area contributed by atoms with Crippen molar-refractivity contribution in [1.82, 2.24) is 0 Å². The van der Waals surface area contributed by atoms with E-state index in [2.05, 4.69) is 15.9 Å². The van der Waals surface area contributed by atoms with Crippen molar-refractivity contribution in [1.29, 1.82) is 0 Å². The molecule has 0 N–H and O–H groups in total. The summed E-state index contributed by atoms with van der Waals surface area (Å²) in [6.07, 6.45) is 0. The van der Waals surface area contributed by atoms with E-state index in [-0.39, 0.29) is 5.63 Å². The number of hydrogen-bond donors (Lipinski definition) is 0. The van der Waals surface area contributed by atoms with Crippen LogP contribution >= 0.6 is 15.9 Å². The molecule has 1 aromatic heterocycles. The number of halogens is 1. The molecule has 0 unspecified atom stereocenters. The van der Waals surface area contributed by atoms with Crippen molar-refractivity contribution in [3.63, 3.8) is 0 Å².